The van der Waals surface area contributed by atoms with E-state index in [1.807, 2.05) is 31.2 Å². The van der Waals surface area contributed by atoms with Crippen molar-refractivity contribution in [2.24, 2.45) is 0 Å². The van der Waals surface area contributed by atoms with Gasteiger partial charge < -0.3 is 4.52 Å². The summed E-state index contributed by atoms with van der Waals surface area (Å²) in [6.45, 7) is 1.66. The van der Waals surface area contributed by atoms with Gasteiger partial charge in [0.2, 0.25) is 21.2 Å². The molecule has 0 aliphatic carbocycles. The molecule has 0 unspecified atom stereocenters. The molecule has 2 aromatic carbocycles. The predicted molar refractivity (Wildman–Crippen MR) is 123 cm³/mol. The number of nitrogens with one attached hydrogen (secondary N) is 2. The smallest absolute Gasteiger partial charge is 0.270 e. The SMILES string of the molecule is Cc1ccccc1-c1noc(CNS(=O)(=O)c2nnc(NC(=O)c3ccc(Cl)cc3Cl)s2)n1. The number of halogens is 2. The Labute approximate surface area is 202 Å². The quantitative estimate of drug-likeness (QED) is 0.346. The van der Waals surface area contributed by atoms with Crippen molar-refractivity contribution in [1.29, 1.82) is 0 Å². The van der Waals surface area contributed by atoms with Crippen molar-refractivity contribution in [1.82, 2.24) is 25.1 Å². The molecule has 14 heteroatoms. The normalized spacial score (nSPS) is 11.5. The highest BCUT2D eigenvalue weighted by Crippen LogP contribution is 2.25. The molecule has 170 valence electrons. The number of rotatable bonds is 7. The molecule has 0 bridgehead atoms. The summed E-state index contributed by atoms with van der Waals surface area (Å²) in [6, 6.07) is 11.8. The monoisotopic (exact) mass is 524 g/mol. The summed E-state index contributed by atoms with van der Waals surface area (Å²) in [5.74, 6) is -0.157. The summed E-state index contributed by atoms with van der Waals surface area (Å²) >= 11 is 12.5. The summed E-state index contributed by atoms with van der Waals surface area (Å²) < 4.78 is 32.2. The fourth-order valence-corrected chi connectivity index (χ4v) is 5.09. The van der Waals surface area contributed by atoms with Gasteiger partial charge in [-0.25, -0.2) is 8.42 Å². The molecule has 2 aromatic heterocycles. The first-order valence-electron chi connectivity index (χ1n) is 9.21. The zero-order chi connectivity index (χ0) is 23.6. The average Bonchev–Trinajstić information content (AvgIpc) is 3.43. The van der Waals surface area contributed by atoms with Crippen LogP contribution in [0.2, 0.25) is 10.0 Å². The summed E-state index contributed by atoms with van der Waals surface area (Å²) in [6.07, 6.45) is 0. The molecule has 0 spiro atoms. The lowest BCUT2D eigenvalue weighted by Crippen LogP contribution is -2.23. The second kappa shape index (κ2) is 9.53. The second-order valence-electron chi connectivity index (χ2n) is 6.60. The van der Waals surface area contributed by atoms with Gasteiger partial charge in [-0.2, -0.15) is 9.71 Å². The third-order valence-corrected chi connectivity index (χ3v) is 7.46. The number of hydrogen-bond donors (Lipinski definition) is 2. The molecular weight excluding hydrogens is 511 g/mol. The number of sulfonamides is 1. The molecule has 1 amide bonds. The van der Waals surface area contributed by atoms with Crippen LogP contribution in [0.5, 0.6) is 0 Å². The first kappa shape index (κ1) is 23.3. The van der Waals surface area contributed by atoms with Crippen LogP contribution < -0.4 is 10.0 Å². The fourth-order valence-electron chi connectivity index (χ4n) is 2.69. The molecule has 0 radical (unpaired) electrons. The molecule has 0 atom stereocenters. The first-order valence-corrected chi connectivity index (χ1v) is 12.3. The van der Waals surface area contributed by atoms with Crippen LogP contribution in [0.15, 0.2) is 51.3 Å². The Hall–Kier alpha value is -2.90. The largest absolute Gasteiger partial charge is 0.338 e. The van der Waals surface area contributed by atoms with Crippen molar-refractivity contribution in [3.63, 3.8) is 0 Å². The van der Waals surface area contributed by atoms with Crippen LogP contribution in [0.4, 0.5) is 5.13 Å². The number of benzene rings is 2. The van der Waals surface area contributed by atoms with Crippen LogP contribution in [0, 0.1) is 6.92 Å². The molecule has 33 heavy (non-hydrogen) atoms. The van der Waals surface area contributed by atoms with E-state index in [-0.39, 0.29) is 32.5 Å². The standard InChI is InChI=1S/C19H14Cl2N6O4S2/c1-10-4-2-3-5-12(10)16-23-15(31-27-16)9-22-33(29,30)19-26-25-18(32-19)24-17(28)13-7-6-11(20)8-14(13)21/h2-8,22H,9H2,1H3,(H,24,25,28). The van der Waals surface area contributed by atoms with E-state index in [1.165, 1.54) is 18.2 Å². The molecule has 10 nitrogen and oxygen atoms in total. The van der Waals surface area contributed by atoms with Crippen LogP contribution >= 0.6 is 34.5 Å². The van der Waals surface area contributed by atoms with Gasteiger partial charge in [0.15, 0.2) is 0 Å². The Balaban J connectivity index is 1.42. The summed E-state index contributed by atoms with van der Waals surface area (Å²) in [4.78, 5) is 16.6. The van der Waals surface area contributed by atoms with Crippen LogP contribution in [-0.2, 0) is 16.6 Å². The van der Waals surface area contributed by atoms with Gasteiger partial charge in [0, 0.05) is 10.6 Å². The lowest BCUT2D eigenvalue weighted by molar-refractivity contribution is 0.102. The van der Waals surface area contributed by atoms with E-state index in [4.69, 9.17) is 27.7 Å². The third kappa shape index (κ3) is 5.37. The minimum absolute atomic E-state index is 0.0222. The Morgan fingerprint density at radius 2 is 1.94 bits per heavy atom. The van der Waals surface area contributed by atoms with Crippen molar-refractivity contribution in [3.05, 3.63) is 69.5 Å². The lowest BCUT2D eigenvalue weighted by Gasteiger charge is -2.03. The van der Waals surface area contributed by atoms with Gasteiger partial charge in [0.25, 0.3) is 15.9 Å². The van der Waals surface area contributed by atoms with Crippen molar-refractivity contribution in [2.75, 3.05) is 5.32 Å². The third-order valence-electron chi connectivity index (χ3n) is 4.30. The number of amides is 1. The van der Waals surface area contributed by atoms with Gasteiger partial charge >= 0.3 is 0 Å². The second-order valence-corrected chi connectivity index (χ2v) is 10.4. The van der Waals surface area contributed by atoms with Crippen molar-refractivity contribution < 1.29 is 17.7 Å². The summed E-state index contributed by atoms with van der Waals surface area (Å²) in [5, 5.41) is 14.2. The number of nitrogens with zero attached hydrogens (tertiary/aromatic N) is 4. The summed E-state index contributed by atoms with van der Waals surface area (Å²) in [5.41, 5.74) is 1.88. The number of hydrogen-bond acceptors (Lipinski definition) is 9. The van der Waals surface area contributed by atoms with Gasteiger partial charge in [-0.15, -0.1) is 10.2 Å². The number of carbonyl (C=O) groups excluding carboxylic acids is 1. The number of aromatic nitrogens is 4. The van der Waals surface area contributed by atoms with Crippen molar-refractivity contribution in [3.8, 4) is 11.4 Å². The maximum Gasteiger partial charge on any atom is 0.270 e. The average molecular weight is 525 g/mol. The van der Waals surface area contributed by atoms with Gasteiger partial charge in [0.05, 0.1) is 17.1 Å². The molecule has 2 N–H and O–H groups in total. The van der Waals surface area contributed by atoms with E-state index in [0.717, 1.165) is 11.1 Å². The maximum atomic E-state index is 12.6. The molecular formula is C19H14Cl2N6O4S2. The Morgan fingerprint density at radius 3 is 2.70 bits per heavy atom. The lowest BCUT2D eigenvalue weighted by atomic mass is 10.1. The minimum atomic E-state index is -4.04. The Morgan fingerprint density at radius 1 is 1.15 bits per heavy atom. The molecule has 0 saturated heterocycles. The van der Waals surface area contributed by atoms with E-state index >= 15 is 0 Å². The summed E-state index contributed by atoms with van der Waals surface area (Å²) in [7, 11) is -4.04. The van der Waals surface area contributed by atoms with E-state index in [0.29, 0.717) is 22.2 Å². The van der Waals surface area contributed by atoms with E-state index in [1.54, 1.807) is 0 Å². The van der Waals surface area contributed by atoms with E-state index in [2.05, 4.69) is 30.4 Å². The zero-order valence-electron chi connectivity index (χ0n) is 16.7. The first-order chi connectivity index (χ1) is 15.7. The molecule has 4 aromatic rings. The van der Waals surface area contributed by atoms with Gasteiger partial charge in [0.1, 0.15) is 0 Å². The van der Waals surface area contributed by atoms with Crippen LogP contribution in [0.25, 0.3) is 11.4 Å². The van der Waals surface area contributed by atoms with E-state index in [9.17, 15) is 13.2 Å². The number of aryl methyl sites for hydroxylation is 1. The van der Waals surface area contributed by atoms with Crippen molar-refractivity contribution >= 4 is 55.6 Å². The van der Waals surface area contributed by atoms with Crippen LogP contribution in [0.1, 0.15) is 21.8 Å². The molecule has 4 rings (SSSR count). The van der Waals surface area contributed by atoms with Gasteiger partial charge in [-0.05, 0) is 30.7 Å². The van der Waals surface area contributed by atoms with Gasteiger partial charge in [-0.1, -0.05) is 64.0 Å². The molecule has 0 aliphatic rings. The Kier molecular flexibility index (Phi) is 6.72. The highest BCUT2D eigenvalue weighted by atomic mass is 35.5. The molecule has 2 heterocycles. The fraction of sp³-hybridized carbons (Fsp3) is 0.105. The van der Waals surface area contributed by atoms with Crippen LogP contribution in [-0.4, -0.2) is 34.7 Å². The van der Waals surface area contributed by atoms with E-state index < -0.39 is 15.9 Å². The van der Waals surface area contributed by atoms with Crippen LogP contribution in [0.3, 0.4) is 0 Å². The highest BCUT2D eigenvalue weighted by Gasteiger charge is 2.23. The predicted octanol–water partition coefficient (Wildman–Crippen LogP) is 3.93. The number of carbonyl (C=O) groups is 1. The maximum absolute atomic E-state index is 12.6. The minimum Gasteiger partial charge on any atom is -0.338 e. The Bertz CT molecular complexity index is 1440. The van der Waals surface area contributed by atoms with Crippen molar-refractivity contribution in [2.45, 2.75) is 17.8 Å². The molecule has 0 saturated carbocycles. The number of anilines is 1. The topological polar surface area (TPSA) is 140 Å². The highest BCUT2D eigenvalue weighted by molar-refractivity contribution is 7.91. The zero-order valence-corrected chi connectivity index (χ0v) is 19.9. The van der Waals surface area contributed by atoms with Gasteiger partial charge in [-0.3, -0.25) is 10.1 Å². The molecule has 0 aliphatic heterocycles. The molecule has 0 fully saturated rings.